The van der Waals surface area contributed by atoms with Crippen LogP contribution in [0.2, 0.25) is 0 Å². The molecule has 5 saturated carbocycles. The van der Waals surface area contributed by atoms with Crippen LogP contribution in [-0.2, 0) is 4.79 Å². The SMILES string of the molecule is Cc1nc(C2C[C@@]23CCC2(CC2NCC(=O)N2[C@H](C)C4(CC4)CC24CC4)C3(C)C)no1. The highest BCUT2D eigenvalue weighted by Crippen LogP contribution is 2.84. The van der Waals surface area contributed by atoms with Gasteiger partial charge in [-0.15, -0.1) is 0 Å². The van der Waals surface area contributed by atoms with Gasteiger partial charge in [-0.2, -0.15) is 4.98 Å². The highest BCUT2D eigenvalue weighted by Gasteiger charge is 2.79. The Labute approximate surface area is 184 Å². The molecule has 6 heteroatoms. The van der Waals surface area contributed by atoms with E-state index in [-0.39, 0.29) is 11.0 Å². The van der Waals surface area contributed by atoms with Gasteiger partial charge >= 0.3 is 0 Å². The minimum absolute atomic E-state index is 0.233. The van der Waals surface area contributed by atoms with E-state index in [1.807, 2.05) is 6.92 Å². The van der Waals surface area contributed by atoms with Crippen molar-refractivity contribution in [2.24, 2.45) is 21.7 Å². The van der Waals surface area contributed by atoms with Crippen molar-refractivity contribution in [3.63, 3.8) is 0 Å². The monoisotopic (exact) mass is 424 g/mol. The van der Waals surface area contributed by atoms with Crippen molar-refractivity contribution in [2.75, 3.05) is 6.54 Å². The lowest BCUT2D eigenvalue weighted by Crippen LogP contribution is -2.47. The van der Waals surface area contributed by atoms with E-state index in [1.165, 1.54) is 57.8 Å². The molecule has 5 aliphatic carbocycles. The number of hydrogen-bond donors (Lipinski definition) is 1. The molecule has 1 N–H and O–H groups in total. The average molecular weight is 425 g/mol. The van der Waals surface area contributed by atoms with Gasteiger partial charge in [0.25, 0.3) is 0 Å². The Morgan fingerprint density at radius 1 is 1.13 bits per heavy atom. The second-order valence-corrected chi connectivity index (χ2v) is 12.7. The van der Waals surface area contributed by atoms with Crippen molar-refractivity contribution in [2.45, 2.75) is 109 Å². The molecule has 1 aromatic rings. The number of nitrogens with zero attached hydrogens (tertiary/aromatic N) is 3. The Morgan fingerprint density at radius 2 is 1.87 bits per heavy atom. The predicted molar refractivity (Wildman–Crippen MR) is 115 cm³/mol. The second kappa shape index (κ2) is 5.37. The molecule has 1 saturated heterocycles. The van der Waals surface area contributed by atoms with E-state index < -0.39 is 0 Å². The standard InChI is InChI=1S/C25H36N4O2/c1-15-22(5-6-22)14-23(7-8-23)29(15)19(30)13-26-18-12-25(18)10-9-24(21(25,3)4)11-17(24)20-27-16(2)31-28-20/h15,17-18,26H,5-14H2,1-4H3/t15-,17?,18?,24+,25?/m1/s1. The summed E-state index contributed by atoms with van der Waals surface area (Å²) in [5.74, 6) is 2.38. The number of amides is 1. The minimum atomic E-state index is 0.233. The number of rotatable bonds is 4. The topological polar surface area (TPSA) is 71.3 Å². The first-order chi connectivity index (χ1) is 14.7. The largest absolute Gasteiger partial charge is 0.340 e. The number of aryl methyl sites for hydroxylation is 1. The molecule has 5 atom stereocenters. The summed E-state index contributed by atoms with van der Waals surface area (Å²) in [6, 6.07) is 0.913. The summed E-state index contributed by atoms with van der Waals surface area (Å²) < 4.78 is 5.27. The zero-order chi connectivity index (χ0) is 21.4. The third kappa shape index (κ3) is 2.21. The Balaban J connectivity index is 1.03. The molecule has 0 bridgehead atoms. The van der Waals surface area contributed by atoms with Crippen LogP contribution in [0, 0.1) is 28.6 Å². The number of carbonyl (C=O) groups excluding carboxylic acids is 1. The summed E-state index contributed by atoms with van der Waals surface area (Å²) in [6.45, 7) is 9.64. The van der Waals surface area contributed by atoms with Gasteiger partial charge in [-0.3, -0.25) is 4.79 Å². The third-order valence-electron chi connectivity index (χ3n) is 11.5. The van der Waals surface area contributed by atoms with Crippen LogP contribution in [0.25, 0.3) is 0 Å². The van der Waals surface area contributed by atoms with E-state index in [0.717, 1.165) is 5.82 Å². The zero-order valence-corrected chi connectivity index (χ0v) is 19.5. The first-order valence-electron chi connectivity index (χ1n) is 12.5. The lowest BCUT2D eigenvalue weighted by atomic mass is 9.69. The lowest BCUT2D eigenvalue weighted by molar-refractivity contribution is -0.134. The number of likely N-dealkylation sites (tertiary alicyclic amines) is 1. The molecule has 4 spiro atoms. The van der Waals surface area contributed by atoms with E-state index in [1.54, 1.807) is 0 Å². The molecular formula is C25H36N4O2. The van der Waals surface area contributed by atoms with Crippen molar-refractivity contribution in [3.8, 4) is 0 Å². The Kier molecular flexibility index (Phi) is 3.31. The molecule has 6 fully saturated rings. The van der Waals surface area contributed by atoms with Crippen LogP contribution in [-0.4, -0.2) is 45.1 Å². The third-order valence-corrected chi connectivity index (χ3v) is 11.5. The van der Waals surface area contributed by atoms with Gasteiger partial charge in [0.15, 0.2) is 5.82 Å². The van der Waals surface area contributed by atoms with Gasteiger partial charge in [0, 0.05) is 30.5 Å². The van der Waals surface area contributed by atoms with Crippen LogP contribution in [0.15, 0.2) is 4.52 Å². The van der Waals surface area contributed by atoms with Crippen molar-refractivity contribution in [1.82, 2.24) is 20.4 Å². The fourth-order valence-corrected chi connectivity index (χ4v) is 8.84. The molecule has 3 unspecified atom stereocenters. The first-order valence-corrected chi connectivity index (χ1v) is 12.5. The van der Waals surface area contributed by atoms with Gasteiger partial charge in [0.05, 0.1) is 6.54 Å². The van der Waals surface area contributed by atoms with E-state index in [0.29, 0.717) is 52.6 Å². The summed E-state index contributed by atoms with van der Waals surface area (Å²) in [4.78, 5) is 20.2. The quantitative estimate of drug-likeness (QED) is 0.792. The Hall–Kier alpha value is -1.43. The minimum Gasteiger partial charge on any atom is -0.340 e. The maximum Gasteiger partial charge on any atom is 0.237 e. The average Bonchev–Trinajstić information content (AvgIpc) is 3.57. The summed E-state index contributed by atoms with van der Waals surface area (Å²) in [6.07, 6.45) is 11.3. The molecular weight excluding hydrogens is 388 g/mol. The molecule has 7 rings (SSSR count). The molecule has 168 valence electrons. The van der Waals surface area contributed by atoms with E-state index >= 15 is 0 Å². The van der Waals surface area contributed by atoms with Crippen molar-refractivity contribution < 1.29 is 9.32 Å². The van der Waals surface area contributed by atoms with Gasteiger partial charge in [-0.25, -0.2) is 0 Å². The van der Waals surface area contributed by atoms with Crippen LogP contribution < -0.4 is 5.32 Å². The van der Waals surface area contributed by atoms with Crippen molar-refractivity contribution in [1.29, 1.82) is 0 Å². The molecule has 6 aliphatic rings. The Morgan fingerprint density at radius 3 is 2.52 bits per heavy atom. The maximum absolute atomic E-state index is 13.3. The van der Waals surface area contributed by atoms with E-state index in [2.05, 4.69) is 41.1 Å². The van der Waals surface area contributed by atoms with Gasteiger partial charge < -0.3 is 14.7 Å². The normalized spacial score (nSPS) is 44.0. The van der Waals surface area contributed by atoms with E-state index in [4.69, 9.17) is 4.52 Å². The summed E-state index contributed by atoms with van der Waals surface area (Å²) >= 11 is 0. The fourth-order valence-electron chi connectivity index (χ4n) is 8.84. The number of aromatic nitrogens is 2. The van der Waals surface area contributed by atoms with Gasteiger partial charge in [0.1, 0.15) is 0 Å². The summed E-state index contributed by atoms with van der Waals surface area (Å²) in [7, 11) is 0. The van der Waals surface area contributed by atoms with Gasteiger partial charge in [-0.05, 0) is 86.4 Å². The van der Waals surface area contributed by atoms with Crippen LogP contribution >= 0.6 is 0 Å². The first kappa shape index (κ1) is 19.1. The van der Waals surface area contributed by atoms with Crippen LogP contribution in [0.5, 0.6) is 0 Å². The second-order valence-electron chi connectivity index (χ2n) is 12.7. The molecule has 1 aromatic heterocycles. The van der Waals surface area contributed by atoms with Crippen molar-refractivity contribution in [3.05, 3.63) is 11.7 Å². The number of carbonyl (C=O) groups is 1. The smallest absolute Gasteiger partial charge is 0.237 e. The summed E-state index contributed by atoms with van der Waals surface area (Å²) in [5, 5.41) is 7.98. The van der Waals surface area contributed by atoms with Crippen molar-refractivity contribution >= 4 is 5.91 Å². The number of hydrogen-bond acceptors (Lipinski definition) is 5. The lowest BCUT2D eigenvalue weighted by Gasteiger charge is -2.36. The molecule has 2 heterocycles. The fraction of sp³-hybridized carbons (Fsp3) is 0.880. The molecule has 1 amide bonds. The van der Waals surface area contributed by atoms with Gasteiger partial charge in [-0.1, -0.05) is 19.0 Å². The molecule has 6 nitrogen and oxygen atoms in total. The highest BCUT2D eigenvalue weighted by atomic mass is 16.5. The predicted octanol–water partition coefficient (Wildman–Crippen LogP) is 3.95. The van der Waals surface area contributed by atoms with Crippen LogP contribution in [0.4, 0.5) is 0 Å². The molecule has 1 aliphatic heterocycles. The Bertz CT molecular complexity index is 976. The van der Waals surface area contributed by atoms with E-state index in [9.17, 15) is 4.79 Å². The molecule has 0 radical (unpaired) electrons. The highest BCUT2D eigenvalue weighted by molar-refractivity contribution is 5.81. The van der Waals surface area contributed by atoms with Crippen LogP contribution in [0.3, 0.4) is 0 Å². The zero-order valence-electron chi connectivity index (χ0n) is 19.5. The molecule has 31 heavy (non-hydrogen) atoms. The van der Waals surface area contributed by atoms with Gasteiger partial charge in [0.2, 0.25) is 11.8 Å². The summed E-state index contributed by atoms with van der Waals surface area (Å²) in [5.41, 5.74) is 1.57. The van der Waals surface area contributed by atoms with Crippen LogP contribution in [0.1, 0.15) is 96.2 Å². The molecule has 0 aromatic carbocycles. The maximum atomic E-state index is 13.3. The number of nitrogens with one attached hydrogen (secondary N) is 1.